The number of hydrogen-bond donors (Lipinski definition) is 0. The van der Waals surface area contributed by atoms with Gasteiger partial charge in [0, 0.05) is 0 Å². The van der Waals surface area contributed by atoms with Crippen LogP contribution < -0.4 is 0 Å². The highest BCUT2D eigenvalue weighted by atomic mass is 80.0. The highest BCUT2D eigenvalue weighted by Gasteiger charge is 2.25. The smallest absolute Gasteiger partial charge is 0.102 e. The maximum atomic E-state index is 3.59. The van der Waals surface area contributed by atoms with Gasteiger partial charge >= 0.3 is 0 Å². The van der Waals surface area contributed by atoms with Crippen LogP contribution in [0.1, 0.15) is 0 Å². The number of halogens is 4. The van der Waals surface area contributed by atoms with E-state index in [1.165, 1.54) is 0 Å². The summed E-state index contributed by atoms with van der Waals surface area (Å²) in [7, 11) is 0. The molecular formula is C4H4Br4. The zero-order chi connectivity index (χ0) is 6.78. The van der Waals surface area contributed by atoms with Crippen LogP contribution in [0.5, 0.6) is 0 Å². The Kier molecular flexibility index (Phi) is 4.51. The second-order valence-electron chi connectivity index (χ2n) is 1.18. The van der Waals surface area contributed by atoms with Crippen LogP contribution in [-0.4, -0.2) is 6.97 Å². The predicted molar refractivity (Wildman–Crippen MR) is 52.4 cm³/mol. The van der Waals surface area contributed by atoms with E-state index >= 15 is 0 Å². The summed E-state index contributed by atoms with van der Waals surface area (Å²) in [5, 5.41) is 0. The molecule has 0 rings (SSSR count). The van der Waals surface area contributed by atoms with Crippen LogP contribution >= 0.6 is 63.7 Å². The lowest BCUT2D eigenvalue weighted by molar-refractivity contribution is 1.22. The minimum atomic E-state index is -0.255. The van der Waals surface area contributed by atoms with Crippen molar-refractivity contribution >= 4 is 63.7 Å². The number of alkyl halides is 4. The molecule has 0 aromatic rings. The maximum Gasteiger partial charge on any atom is 0.150 e. The normalized spacial score (nSPS) is 15.5. The van der Waals surface area contributed by atoms with Crippen molar-refractivity contribution in [2.75, 3.05) is 0 Å². The fourth-order valence-corrected chi connectivity index (χ4v) is 0.694. The minimum Gasteiger partial charge on any atom is -0.102 e. The number of allylic oxidation sites excluding steroid dienone is 1. The molecule has 0 aliphatic carbocycles. The lowest BCUT2D eigenvalue weighted by atomic mass is 10.5. The van der Waals surface area contributed by atoms with Crippen molar-refractivity contribution in [2.24, 2.45) is 0 Å². The average molecular weight is 372 g/mol. The van der Waals surface area contributed by atoms with E-state index in [0.717, 1.165) is 0 Å². The van der Waals surface area contributed by atoms with Crippen LogP contribution in [0.25, 0.3) is 0 Å². The molecule has 48 valence electrons. The van der Waals surface area contributed by atoms with Crippen LogP contribution in [0.15, 0.2) is 12.7 Å². The Balaban J connectivity index is 3.80. The van der Waals surface area contributed by atoms with Crippen molar-refractivity contribution in [2.45, 2.75) is 6.97 Å². The molecular weight excluding hydrogens is 368 g/mol. The van der Waals surface area contributed by atoms with Gasteiger partial charge in [0.2, 0.25) is 0 Å². The molecule has 0 nitrogen and oxygen atoms in total. The summed E-state index contributed by atoms with van der Waals surface area (Å²) in [6.07, 6.45) is 1.78. The van der Waals surface area contributed by atoms with Crippen molar-refractivity contribution in [3.05, 3.63) is 12.7 Å². The van der Waals surface area contributed by atoms with E-state index in [-0.39, 0.29) is 6.97 Å². The summed E-state index contributed by atoms with van der Waals surface area (Å²) >= 11 is 13.3. The SMILES string of the molecule is C=CC(Br)C(Br)(Br)Br. The molecule has 0 aromatic heterocycles. The first-order chi connectivity index (χ1) is 3.48. The Hall–Kier alpha value is 1.66. The van der Waals surface area contributed by atoms with E-state index in [1.807, 2.05) is 0 Å². The first-order valence-corrected chi connectivity index (χ1v) is 5.11. The van der Waals surface area contributed by atoms with E-state index < -0.39 is 0 Å². The van der Waals surface area contributed by atoms with E-state index in [9.17, 15) is 0 Å². The molecule has 0 fully saturated rings. The van der Waals surface area contributed by atoms with Gasteiger partial charge in [-0.25, -0.2) is 0 Å². The molecule has 0 aliphatic heterocycles. The molecule has 0 amide bonds. The van der Waals surface area contributed by atoms with Gasteiger partial charge in [-0.3, -0.25) is 0 Å². The molecule has 0 saturated carbocycles. The third-order valence-corrected chi connectivity index (χ3v) is 4.90. The molecule has 0 bridgehead atoms. The van der Waals surface area contributed by atoms with E-state index in [1.54, 1.807) is 6.08 Å². The first-order valence-electron chi connectivity index (χ1n) is 1.82. The van der Waals surface area contributed by atoms with Crippen molar-refractivity contribution < 1.29 is 0 Å². The van der Waals surface area contributed by atoms with E-state index in [4.69, 9.17) is 0 Å². The van der Waals surface area contributed by atoms with Crippen LogP contribution in [0.2, 0.25) is 0 Å². The maximum absolute atomic E-state index is 3.59. The summed E-state index contributed by atoms with van der Waals surface area (Å²) in [5.74, 6) is 0. The molecule has 0 radical (unpaired) electrons. The molecule has 0 aromatic carbocycles. The number of hydrogen-bond acceptors (Lipinski definition) is 0. The Morgan fingerprint density at radius 3 is 1.75 bits per heavy atom. The van der Waals surface area contributed by atoms with Crippen molar-refractivity contribution in [1.29, 1.82) is 0 Å². The summed E-state index contributed by atoms with van der Waals surface area (Å²) in [6.45, 7) is 3.59. The molecule has 8 heavy (non-hydrogen) atoms. The summed E-state index contributed by atoms with van der Waals surface area (Å²) in [5.41, 5.74) is 0. The Bertz CT molecular complexity index is 82.5. The monoisotopic (exact) mass is 368 g/mol. The highest BCUT2D eigenvalue weighted by Crippen LogP contribution is 2.41. The fraction of sp³-hybridized carbons (Fsp3) is 0.500. The first kappa shape index (κ1) is 9.66. The van der Waals surface area contributed by atoms with Gasteiger partial charge in [0.1, 0.15) is 0 Å². The Labute approximate surface area is 82.6 Å². The molecule has 1 atom stereocenters. The Morgan fingerprint density at radius 2 is 1.75 bits per heavy atom. The third-order valence-electron chi connectivity index (χ3n) is 0.520. The Morgan fingerprint density at radius 1 is 1.38 bits per heavy atom. The third kappa shape index (κ3) is 3.64. The van der Waals surface area contributed by atoms with Gasteiger partial charge in [-0.1, -0.05) is 69.8 Å². The molecule has 0 heterocycles. The van der Waals surface area contributed by atoms with Crippen molar-refractivity contribution in [3.8, 4) is 0 Å². The predicted octanol–water partition coefficient (Wildman–Crippen LogP) is 3.77. The summed E-state index contributed by atoms with van der Waals surface area (Å²) in [4.78, 5) is 0.176. The standard InChI is InChI=1S/C4H4Br4/c1-2-3(5)4(6,7)8/h2-3H,1H2. The van der Waals surface area contributed by atoms with Gasteiger partial charge in [-0.2, -0.15) is 0 Å². The van der Waals surface area contributed by atoms with Crippen molar-refractivity contribution in [1.82, 2.24) is 0 Å². The molecule has 4 heteroatoms. The highest BCUT2D eigenvalue weighted by molar-refractivity contribution is 9.40. The van der Waals surface area contributed by atoms with Crippen LogP contribution in [0, 0.1) is 0 Å². The van der Waals surface area contributed by atoms with Gasteiger partial charge in [0.25, 0.3) is 0 Å². The van der Waals surface area contributed by atoms with Crippen LogP contribution in [-0.2, 0) is 0 Å². The van der Waals surface area contributed by atoms with E-state index in [2.05, 4.69) is 70.3 Å². The van der Waals surface area contributed by atoms with Crippen LogP contribution in [0.3, 0.4) is 0 Å². The van der Waals surface area contributed by atoms with Crippen LogP contribution in [0.4, 0.5) is 0 Å². The summed E-state index contributed by atoms with van der Waals surface area (Å²) < 4.78 is -0.255. The molecule has 0 spiro atoms. The summed E-state index contributed by atoms with van der Waals surface area (Å²) in [6, 6.07) is 0. The lowest BCUT2D eigenvalue weighted by Crippen LogP contribution is -2.12. The largest absolute Gasteiger partial charge is 0.150 e. The zero-order valence-corrected chi connectivity index (χ0v) is 10.2. The minimum absolute atomic E-state index is 0.176. The number of rotatable bonds is 1. The average Bonchev–Trinajstić information content (AvgIpc) is 1.62. The zero-order valence-electron chi connectivity index (χ0n) is 3.87. The molecule has 0 saturated heterocycles. The fourth-order valence-electron chi connectivity index (χ4n) is 0.134. The molecule has 0 N–H and O–H groups in total. The van der Waals surface area contributed by atoms with Gasteiger partial charge in [-0.05, 0) is 0 Å². The molecule has 1 unspecified atom stereocenters. The topological polar surface area (TPSA) is 0 Å². The van der Waals surface area contributed by atoms with Crippen molar-refractivity contribution in [3.63, 3.8) is 0 Å². The second-order valence-corrected chi connectivity index (χ2v) is 9.11. The second kappa shape index (κ2) is 3.74. The van der Waals surface area contributed by atoms with E-state index in [0.29, 0.717) is 0 Å². The lowest BCUT2D eigenvalue weighted by Gasteiger charge is -2.14. The van der Waals surface area contributed by atoms with Gasteiger partial charge in [0.05, 0.1) is 4.83 Å². The van der Waals surface area contributed by atoms with Gasteiger partial charge in [0.15, 0.2) is 2.14 Å². The van der Waals surface area contributed by atoms with Gasteiger partial charge in [-0.15, -0.1) is 6.58 Å². The van der Waals surface area contributed by atoms with Gasteiger partial charge < -0.3 is 0 Å². The quantitative estimate of drug-likeness (QED) is 0.486. The molecule has 0 aliphatic rings.